The van der Waals surface area contributed by atoms with E-state index in [4.69, 9.17) is 9.47 Å². The first kappa shape index (κ1) is 23.0. The third kappa shape index (κ3) is 5.50. The number of nitrogens with one attached hydrogen (secondary N) is 3. The molecule has 1 heterocycles. The van der Waals surface area contributed by atoms with Crippen LogP contribution in [0.15, 0.2) is 41.3 Å². The monoisotopic (exact) mass is 467 g/mol. The fourth-order valence-electron chi connectivity index (χ4n) is 2.60. The average Bonchev–Trinajstić information content (AvgIpc) is 2.77. The summed E-state index contributed by atoms with van der Waals surface area (Å²) in [5.41, 5.74) is -0.365. The van der Waals surface area contributed by atoms with E-state index >= 15 is 0 Å². The van der Waals surface area contributed by atoms with Crippen molar-refractivity contribution in [1.29, 1.82) is 0 Å². The van der Waals surface area contributed by atoms with Crippen LogP contribution in [0.5, 0.6) is 11.5 Å². The van der Waals surface area contributed by atoms with E-state index in [1.807, 2.05) is 10.0 Å². The summed E-state index contributed by atoms with van der Waals surface area (Å²) in [6.45, 7) is -0.139. The van der Waals surface area contributed by atoms with Gasteiger partial charge in [0.05, 0.1) is 10.5 Å². The van der Waals surface area contributed by atoms with Gasteiger partial charge in [0.2, 0.25) is 10.0 Å². The molecule has 0 atom stereocenters. The van der Waals surface area contributed by atoms with Crippen LogP contribution in [0, 0.1) is 5.82 Å². The summed E-state index contributed by atoms with van der Waals surface area (Å²) in [6, 6.07) is 6.24. The molecular formula is C19H18FN3O8S. The molecule has 170 valence electrons. The number of carbonyl (C=O) groups is 3. The highest BCUT2D eigenvalue weighted by molar-refractivity contribution is 7.89. The van der Waals surface area contributed by atoms with Gasteiger partial charge in [-0.25, -0.2) is 27.1 Å². The van der Waals surface area contributed by atoms with Gasteiger partial charge in [0.15, 0.2) is 18.1 Å². The number of amides is 3. The molecule has 2 aromatic rings. The third-order valence-electron chi connectivity index (χ3n) is 4.12. The van der Waals surface area contributed by atoms with Gasteiger partial charge in [0, 0.05) is 11.8 Å². The van der Waals surface area contributed by atoms with Crippen LogP contribution in [0.2, 0.25) is 0 Å². The largest absolute Gasteiger partial charge is 0.486 e. The summed E-state index contributed by atoms with van der Waals surface area (Å²) in [5.74, 6) is -2.37. The van der Waals surface area contributed by atoms with Gasteiger partial charge in [-0.05, 0) is 37.4 Å². The molecular weight excluding hydrogens is 449 g/mol. The van der Waals surface area contributed by atoms with E-state index in [9.17, 15) is 27.2 Å². The predicted octanol–water partition coefficient (Wildman–Crippen LogP) is 1.01. The van der Waals surface area contributed by atoms with Crippen LogP contribution >= 0.6 is 0 Å². The normalized spacial score (nSPS) is 12.6. The van der Waals surface area contributed by atoms with Gasteiger partial charge in [-0.3, -0.25) is 10.1 Å². The average molecular weight is 467 g/mol. The molecule has 3 N–H and O–H groups in total. The Labute approximate surface area is 181 Å². The SMILES string of the molecule is CNS(=O)(=O)c1ccc(F)c(C(=O)OCC(=O)NC(=O)Nc2ccc3c(c2)OCCO3)c1. The summed E-state index contributed by atoms with van der Waals surface area (Å²) in [6.07, 6.45) is 0. The molecule has 2 aromatic carbocycles. The van der Waals surface area contributed by atoms with Gasteiger partial charge in [0.25, 0.3) is 5.91 Å². The molecule has 0 aliphatic carbocycles. The minimum absolute atomic E-state index is 0.321. The Kier molecular flexibility index (Phi) is 6.90. The van der Waals surface area contributed by atoms with Crippen LogP contribution in [0.1, 0.15) is 10.4 Å². The van der Waals surface area contributed by atoms with Crippen molar-refractivity contribution in [1.82, 2.24) is 10.0 Å². The topological polar surface area (TPSA) is 149 Å². The number of halogens is 1. The van der Waals surface area contributed by atoms with Crippen LogP contribution in [0.4, 0.5) is 14.9 Å². The van der Waals surface area contributed by atoms with Crippen LogP contribution < -0.4 is 24.8 Å². The molecule has 0 radical (unpaired) electrons. The Hall–Kier alpha value is -3.71. The van der Waals surface area contributed by atoms with Crippen molar-refractivity contribution in [2.24, 2.45) is 0 Å². The molecule has 11 nitrogen and oxygen atoms in total. The molecule has 0 saturated heterocycles. The van der Waals surface area contributed by atoms with Gasteiger partial charge >= 0.3 is 12.0 Å². The van der Waals surface area contributed by atoms with E-state index in [0.717, 1.165) is 25.2 Å². The smallest absolute Gasteiger partial charge is 0.341 e. The maximum atomic E-state index is 13.9. The second-order valence-corrected chi connectivity index (χ2v) is 8.17. The first-order chi connectivity index (χ1) is 15.2. The second-order valence-electron chi connectivity index (χ2n) is 6.29. The molecule has 0 fully saturated rings. The fraction of sp³-hybridized carbons (Fsp3) is 0.211. The number of sulfonamides is 1. The van der Waals surface area contributed by atoms with E-state index < -0.39 is 45.9 Å². The number of fused-ring (bicyclic) bond motifs is 1. The van der Waals surface area contributed by atoms with Crippen molar-refractivity contribution < 1.29 is 41.4 Å². The van der Waals surface area contributed by atoms with Crippen LogP contribution in [-0.2, 0) is 19.6 Å². The highest BCUT2D eigenvalue weighted by Gasteiger charge is 2.21. The number of esters is 1. The molecule has 3 rings (SSSR count). The van der Waals surface area contributed by atoms with E-state index in [-0.39, 0.29) is 4.90 Å². The molecule has 13 heteroatoms. The molecule has 32 heavy (non-hydrogen) atoms. The Balaban J connectivity index is 1.55. The minimum atomic E-state index is -3.93. The first-order valence-corrected chi connectivity index (χ1v) is 10.6. The molecule has 0 spiro atoms. The summed E-state index contributed by atoms with van der Waals surface area (Å²) < 4.78 is 54.9. The third-order valence-corrected chi connectivity index (χ3v) is 5.54. The zero-order valence-corrected chi connectivity index (χ0v) is 17.5. The zero-order valence-electron chi connectivity index (χ0n) is 16.6. The van der Waals surface area contributed by atoms with Gasteiger partial charge in [-0.2, -0.15) is 0 Å². The number of carbonyl (C=O) groups excluding carboxylic acids is 3. The van der Waals surface area contributed by atoms with Crippen molar-refractivity contribution in [3.05, 3.63) is 47.8 Å². The number of benzene rings is 2. The first-order valence-electron chi connectivity index (χ1n) is 9.10. The van der Waals surface area contributed by atoms with Crippen molar-refractivity contribution in [3.8, 4) is 11.5 Å². The molecule has 0 unspecified atom stereocenters. The number of ether oxygens (including phenoxy) is 3. The van der Waals surface area contributed by atoms with Gasteiger partial charge in [0.1, 0.15) is 19.0 Å². The Morgan fingerprint density at radius 3 is 2.50 bits per heavy atom. The van der Waals surface area contributed by atoms with E-state index in [0.29, 0.717) is 30.4 Å². The number of rotatable bonds is 6. The number of imide groups is 1. The number of hydrogen-bond acceptors (Lipinski definition) is 8. The highest BCUT2D eigenvalue weighted by atomic mass is 32.2. The fourth-order valence-corrected chi connectivity index (χ4v) is 3.36. The van der Waals surface area contributed by atoms with Crippen molar-refractivity contribution >= 4 is 33.6 Å². The maximum absolute atomic E-state index is 13.9. The molecule has 0 saturated carbocycles. The van der Waals surface area contributed by atoms with E-state index in [1.54, 1.807) is 6.07 Å². The Bertz CT molecular complexity index is 1170. The Morgan fingerprint density at radius 1 is 1.06 bits per heavy atom. The number of hydrogen-bond donors (Lipinski definition) is 3. The van der Waals surface area contributed by atoms with Crippen molar-refractivity contribution in [2.45, 2.75) is 4.90 Å². The van der Waals surface area contributed by atoms with Gasteiger partial charge in [-0.15, -0.1) is 0 Å². The second kappa shape index (κ2) is 9.62. The van der Waals surface area contributed by atoms with Crippen LogP contribution in [0.3, 0.4) is 0 Å². The van der Waals surface area contributed by atoms with Gasteiger partial charge in [-0.1, -0.05) is 0 Å². The van der Waals surface area contributed by atoms with Crippen molar-refractivity contribution in [2.75, 3.05) is 32.2 Å². The summed E-state index contributed by atoms with van der Waals surface area (Å²) in [7, 11) is -2.78. The lowest BCUT2D eigenvalue weighted by Crippen LogP contribution is -2.37. The Morgan fingerprint density at radius 2 is 1.78 bits per heavy atom. The lowest BCUT2D eigenvalue weighted by molar-refractivity contribution is -0.123. The summed E-state index contributed by atoms with van der Waals surface area (Å²) >= 11 is 0. The highest BCUT2D eigenvalue weighted by Crippen LogP contribution is 2.32. The minimum Gasteiger partial charge on any atom is -0.486 e. The lowest BCUT2D eigenvalue weighted by atomic mass is 10.2. The van der Waals surface area contributed by atoms with E-state index in [1.165, 1.54) is 12.1 Å². The molecule has 0 aromatic heterocycles. The molecule has 1 aliphatic rings. The van der Waals surface area contributed by atoms with E-state index in [2.05, 4.69) is 10.1 Å². The van der Waals surface area contributed by atoms with Gasteiger partial charge < -0.3 is 19.5 Å². The predicted molar refractivity (Wildman–Crippen MR) is 108 cm³/mol. The molecule has 3 amide bonds. The zero-order chi connectivity index (χ0) is 23.3. The number of anilines is 1. The lowest BCUT2D eigenvalue weighted by Gasteiger charge is -2.19. The molecule has 0 bridgehead atoms. The summed E-state index contributed by atoms with van der Waals surface area (Å²) in [4.78, 5) is 35.5. The molecule has 1 aliphatic heterocycles. The summed E-state index contributed by atoms with van der Waals surface area (Å²) in [5, 5.41) is 4.34. The van der Waals surface area contributed by atoms with Crippen molar-refractivity contribution in [3.63, 3.8) is 0 Å². The quantitative estimate of drug-likeness (QED) is 0.533. The van der Waals surface area contributed by atoms with Crippen LogP contribution in [0.25, 0.3) is 0 Å². The maximum Gasteiger partial charge on any atom is 0.341 e. The number of urea groups is 1. The van der Waals surface area contributed by atoms with Crippen LogP contribution in [-0.4, -0.2) is 53.2 Å². The standard InChI is InChI=1S/C19H18FN3O8S/c1-21-32(27,28)12-3-4-14(20)13(9-12)18(25)31-10-17(24)23-19(26)22-11-2-5-15-16(8-11)30-7-6-29-15/h2-5,8-9,21H,6-7,10H2,1H3,(H2,22,23,24,26).